The van der Waals surface area contributed by atoms with Crippen LogP contribution in [-0.2, 0) is 11.3 Å². The number of amides is 1. The Labute approximate surface area is 208 Å². The fourth-order valence-electron chi connectivity index (χ4n) is 4.28. The van der Waals surface area contributed by atoms with Gasteiger partial charge in [0.25, 0.3) is 0 Å². The van der Waals surface area contributed by atoms with Crippen molar-refractivity contribution in [3.8, 4) is 11.1 Å². The molecule has 0 radical (unpaired) electrons. The molecule has 178 valence electrons. The maximum atomic E-state index is 14.6. The van der Waals surface area contributed by atoms with Crippen LogP contribution in [0.25, 0.3) is 22.0 Å². The number of hydrogen-bond donors (Lipinski definition) is 1. The van der Waals surface area contributed by atoms with Gasteiger partial charge in [0.1, 0.15) is 11.6 Å². The molecule has 1 fully saturated rings. The van der Waals surface area contributed by atoms with E-state index in [-0.39, 0.29) is 24.2 Å². The minimum atomic E-state index is -0.342. The summed E-state index contributed by atoms with van der Waals surface area (Å²) in [6.07, 6.45) is 6.55. The third kappa shape index (κ3) is 4.68. The summed E-state index contributed by atoms with van der Waals surface area (Å²) in [5.41, 5.74) is 4.41. The summed E-state index contributed by atoms with van der Waals surface area (Å²) in [6, 6.07) is 10.7. The van der Waals surface area contributed by atoms with E-state index in [4.69, 9.17) is 11.6 Å². The quantitative estimate of drug-likeness (QED) is 0.342. The molecule has 4 aromatic rings. The van der Waals surface area contributed by atoms with Gasteiger partial charge in [0.15, 0.2) is 0 Å². The number of anilines is 2. The van der Waals surface area contributed by atoms with Crippen molar-refractivity contribution < 1.29 is 9.18 Å². The van der Waals surface area contributed by atoms with Crippen LogP contribution in [0.2, 0.25) is 5.02 Å². The van der Waals surface area contributed by atoms with Crippen LogP contribution in [0.3, 0.4) is 0 Å². The molecule has 0 saturated carbocycles. The normalized spacial score (nSPS) is 13.7. The van der Waals surface area contributed by atoms with Gasteiger partial charge in [-0.3, -0.25) is 9.78 Å². The fourth-order valence-corrected chi connectivity index (χ4v) is 4.50. The molecule has 8 heteroatoms. The van der Waals surface area contributed by atoms with E-state index in [1.54, 1.807) is 23.2 Å². The molecular weight excluding hydrogens is 465 g/mol. The Hall–Kier alpha value is -3.58. The maximum Gasteiger partial charge on any atom is 0.227 e. The monoisotopic (exact) mass is 489 g/mol. The zero-order valence-corrected chi connectivity index (χ0v) is 20.3. The summed E-state index contributed by atoms with van der Waals surface area (Å²) >= 11 is 6.52. The topological polar surface area (TPSA) is 71.0 Å². The highest BCUT2D eigenvalue weighted by atomic mass is 35.5. The molecule has 1 saturated heterocycles. The van der Waals surface area contributed by atoms with Gasteiger partial charge < -0.3 is 10.2 Å². The van der Waals surface area contributed by atoms with Gasteiger partial charge in [-0.2, -0.15) is 0 Å². The van der Waals surface area contributed by atoms with Crippen molar-refractivity contribution in [3.05, 3.63) is 77.2 Å². The van der Waals surface area contributed by atoms with Gasteiger partial charge in [0.05, 0.1) is 16.2 Å². The molecule has 1 N–H and O–H groups in total. The molecule has 3 heterocycles. The average Bonchev–Trinajstić information content (AvgIpc) is 3.30. The molecule has 1 amide bonds. The minimum Gasteiger partial charge on any atom is -0.379 e. The first kappa shape index (κ1) is 23.2. The van der Waals surface area contributed by atoms with E-state index in [2.05, 4.69) is 34.1 Å². The smallest absolute Gasteiger partial charge is 0.227 e. The summed E-state index contributed by atoms with van der Waals surface area (Å²) in [4.78, 5) is 27.2. The number of pyridine rings is 1. The molecular formula is C27H25ClFN5O. The van der Waals surface area contributed by atoms with Crippen molar-refractivity contribution in [2.75, 3.05) is 16.8 Å². The van der Waals surface area contributed by atoms with Gasteiger partial charge in [-0.1, -0.05) is 31.5 Å². The molecule has 0 aliphatic carbocycles. The van der Waals surface area contributed by atoms with E-state index in [1.165, 1.54) is 6.07 Å². The highest BCUT2D eigenvalue weighted by Gasteiger charge is 2.22. The largest absolute Gasteiger partial charge is 0.379 e. The number of carbonyl (C=O) groups is 1. The van der Waals surface area contributed by atoms with Gasteiger partial charge in [0.2, 0.25) is 5.91 Å². The molecule has 5 rings (SSSR count). The second kappa shape index (κ2) is 9.58. The Morgan fingerprint density at radius 2 is 1.86 bits per heavy atom. The van der Waals surface area contributed by atoms with E-state index in [0.29, 0.717) is 34.9 Å². The number of aromatic nitrogens is 3. The second-order valence-electron chi connectivity index (χ2n) is 8.98. The van der Waals surface area contributed by atoms with Crippen LogP contribution >= 0.6 is 11.6 Å². The summed E-state index contributed by atoms with van der Waals surface area (Å²) in [6.45, 7) is 4.97. The summed E-state index contributed by atoms with van der Waals surface area (Å²) in [7, 11) is 0. The predicted octanol–water partition coefficient (Wildman–Crippen LogP) is 6.35. The fraction of sp³-hybridized carbons (Fsp3) is 0.259. The molecule has 2 aromatic heterocycles. The lowest BCUT2D eigenvalue weighted by Gasteiger charge is -2.18. The summed E-state index contributed by atoms with van der Waals surface area (Å²) in [5.74, 6) is 0.769. The number of rotatable bonds is 6. The van der Waals surface area contributed by atoms with Crippen molar-refractivity contribution in [1.82, 2.24) is 15.0 Å². The third-order valence-electron chi connectivity index (χ3n) is 6.21. The van der Waals surface area contributed by atoms with Crippen molar-refractivity contribution >= 4 is 39.8 Å². The number of fused-ring (bicyclic) bond motifs is 1. The van der Waals surface area contributed by atoms with Crippen LogP contribution < -0.4 is 10.2 Å². The highest BCUT2D eigenvalue weighted by molar-refractivity contribution is 6.34. The Kier molecular flexibility index (Phi) is 6.34. The molecule has 0 spiro atoms. The van der Waals surface area contributed by atoms with Gasteiger partial charge >= 0.3 is 0 Å². The number of carbonyl (C=O) groups excluding carboxylic acids is 1. The molecule has 35 heavy (non-hydrogen) atoms. The van der Waals surface area contributed by atoms with Gasteiger partial charge in [-0.15, -0.1) is 0 Å². The second-order valence-corrected chi connectivity index (χ2v) is 9.38. The number of halogens is 2. The Bertz CT molecular complexity index is 1410. The zero-order chi connectivity index (χ0) is 24.5. The highest BCUT2D eigenvalue weighted by Crippen LogP contribution is 2.34. The van der Waals surface area contributed by atoms with E-state index < -0.39 is 0 Å². The predicted molar refractivity (Wildman–Crippen MR) is 137 cm³/mol. The van der Waals surface area contributed by atoms with Gasteiger partial charge in [-0.05, 0) is 42.3 Å². The van der Waals surface area contributed by atoms with Crippen LogP contribution in [-0.4, -0.2) is 27.4 Å². The molecule has 6 nitrogen and oxygen atoms in total. The Balaban J connectivity index is 1.46. The molecule has 0 bridgehead atoms. The number of nitrogens with zero attached hydrogens (tertiary/aromatic N) is 4. The minimum absolute atomic E-state index is 0.0663. The first-order valence-electron chi connectivity index (χ1n) is 11.6. The lowest BCUT2D eigenvalue weighted by molar-refractivity contribution is -0.117. The standard InChI is InChI=1S/C27H25ClFN5O/c1-16(2)27-32-13-19(14-33-27)17-5-8-24-21(11-17)26(22(28)15-30-24)31-12-18-10-20(6-7-23(18)29)34-9-3-4-25(34)35/h5-8,10-11,13-16H,3-4,9,12H2,1-2H3,(H,30,31). The Morgan fingerprint density at radius 3 is 2.57 bits per heavy atom. The van der Waals surface area contributed by atoms with Crippen LogP contribution in [0.1, 0.15) is 44.0 Å². The molecule has 1 aliphatic heterocycles. The van der Waals surface area contributed by atoms with Crippen LogP contribution in [0.5, 0.6) is 0 Å². The van der Waals surface area contributed by atoms with Crippen molar-refractivity contribution in [2.24, 2.45) is 0 Å². The summed E-state index contributed by atoms with van der Waals surface area (Å²) < 4.78 is 14.6. The molecule has 0 atom stereocenters. The van der Waals surface area contributed by atoms with E-state index in [0.717, 1.165) is 34.3 Å². The zero-order valence-electron chi connectivity index (χ0n) is 19.6. The Morgan fingerprint density at radius 1 is 1.06 bits per heavy atom. The van der Waals surface area contributed by atoms with Crippen molar-refractivity contribution in [3.63, 3.8) is 0 Å². The van der Waals surface area contributed by atoms with Crippen LogP contribution in [0.4, 0.5) is 15.8 Å². The average molecular weight is 490 g/mol. The number of benzene rings is 2. The van der Waals surface area contributed by atoms with Crippen LogP contribution in [0.15, 0.2) is 55.0 Å². The van der Waals surface area contributed by atoms with Crippen molar-refractivity contribution in [2.45, 2.75) is 39.2 Å². The van der Waals surface area contributed by atoms with E-state index in [1.807, 2.05) is 30.6 Å². The number of nitrogens with one attached hydrogen (secondary N) is 1. The van der Waals surface area contributed by atoms with Crippen LogP contribution in [0, 0.1) is 5.82 Å². The molecule has 0 unspecified atom stereocenters. The third-order valence-corrected chi connectivity index (χ3v) is 6.50. The SMILES string of the molecule is CC(C)c1ncc(-c2ccc3ncc(Cl)c(NCc4cc(N5CCCC5=O)ccc4F)c3c2)cn1. The first-order valence-corrected chi connectivity index (χ1v) is 12.0. The van der Waals surface area contributed by atoms with Crippen molar-refractivity contribution in [1.29, 1.82) is 0 Å². The lowest BCUT2D eigenvalue weighted by Crippen LogP contribution is -2.23. The van der Waals surface area contributed by atoms with E-state index in [9.17, 15) is 9.18 Å². The van der Waals surface area contributed by atoms with Gasteiger partial charge in [-0.25, -0.2) is 14.4 Å². The van der Waals surface area contributed by atoms with Gasteiger partial charge in [0, 0.05) is 66.2 Å². The molecule has 2 aromatic carbocycles. The first-order chi connectivity index (χ1) is 16.9. The van der Waals surface area contributed by atoms with E-state index >= 15 is 0 Å². The number of hydrogen-bond acceptors (Lipinski definition) is 5. The maximum absolute atomic E-state index is 14.6. The molecule has 1 aliphatic rings. The summed E-state index contributed by atoms with van der Waals surface area (Å²) in [5, 5.41) is 4.55. The lowest BCUT2D eigenvalue weighted by atomic mass is 10.0.